The highest BCUT2D eigenvalue weighted by molar-refractivity contribution is 5.77. The number of carboxylic acids is 2. The van der Waals surface area contributed by atoms with Gasteiger partial charge >= 0.3 is 11.9 Å². The molecular weight excluding hydrogens is 328 g/mol. The van der Waals surface area contributed by atoms with Gasteiger partial charge in [-0.3, -0.25) is 29.1 Å². The minimum atomic E-state index is -0.849. The van der Waals surface area contributed by atoms with Crippen LogP contribution >= 0.6 is 0 Å². The standard InChI is InChI=1S/C16H30N4O5/c1-17-14(21)11-20-9-7-18(12-15(22)23)5-3-2-4-6-19(8-10-20)13-16(24)25/h2-13H2,1H3,(H,17,21)(H,22,23)(H,24,25). The molecular formula is C16H30N4O5. The van der Waals surface area contributed by atoms with Gasteiger partial charge in [0.1, 0.15) is 0 Å². The first-order chi connectivity index (χ1) is 11.9. The Morgan fingerprint density at radius 3 is 1.48 bits per heavy atom. The van der Waals surface area contributed by atoms with Crippen LogP contribution in [0.15, 0.2) is 0 Å². The Hall–Kier alpha value is -1.71. The predicted octanol–water partition coefficient (Wildman–Crippen LogP) is -1.01. The number of nitrogens with zero attached hydrogens (tertiary/aromatic N) is 3. The number of carbonyl (C=O) groups excluding carboxylic acids is 1. The molecule has 1 amide bonds. The molecule has 0 aliphatic carbocycles. The third kappa shape index (κ3) is 10.0. The molecule has 9 nitrogen and oxygen atoms in total. The molecule has 0 radical (unpaired) electrons. The van der Waals surface area contributed by atoms with Crippen molar-refractivity contribution in [2.75, 3.05) is 66.0 Å². The van der Waals surface area contributed by atoms with E-state index in [1.54, 1.807) is 7.05 Å². The maximum Gasteiger partial charge on any atom is 0.317 e. The summed E-state index contributed by atoms with van der Waals surface area (Å²) in [6, 6.07) is 0. The van der Waals surface area contributed by atoms with E-state index in [9.17, 15) is 14.4 Å². The minimum absolute atomic E-state index is 0.00104. The van der Waals surface area contributed by atoms with Crippen LogP contribution in [0.5, 0.6) is 0 Å². The molecule has 1 rings (SSSR count). The number of hydrogen-bond acceptors (Lipinski definition) is 6. The first-order valence-corrected chi connectivity index (χ1v) is 8.72. The first kappa shape index (κ1) is 21.3. The van der Waals surface area contributed by atoms with Crippen LogP contribution < -0.4 is 5.32 Å². The SMILES string of the molecule is CNC(=O)CN1CCN(CC(=O)O)CCCCCN(CC(=O)O)CC1. The van der Waals surface area contributed by atoms with Gasteiger partial charge in [-0.25, -0.2) is 0 Å². The van der Waals surface area contributed by atoms with Crippen molar-refractivity contribution < 1.29 is 24.6 Å². The summed E-state index contributed by atoms with van der Waals surface area (Å²) in [6.07, 6.45) is 2.70. The maximum atomic E-state index is 11.7. The fourth-order valence-electron chi connectivity index (χ4n) is 2.89. The molecule has 1 saturated heterocycles. The van der Waals surface area contributed by atoms with Gasteiger partial charge in [-0.05, 0) is 25.9 Å². The van der Waals surface area contributed by atoms with Gasteiger partial charge in [0.25, 0.3) is 0 Å². The van der Waals surface area contributed by atoms with Crippen molar-refractivity contribution in [3.8, 4) is 0 Å². The van der Waals surface area contributed by atoms with Crippen molar-refractivity contribution in [1.29, 1.82) is 0 Å². The molecule has 3 N–H and O–H groups in total. The van der Waals surface area contributed by atoms with Crippen molar-refractivity contribution in [3.63, 3.8) is 0 Å². The highest BCUT2D eigenvalue weighted by atomic mass is 16.4. The second-order valence-corrected chi connectivity index (χ2v) is 6.35. The first-order valence-electron chi connectivity index (χ1n) is 8.72. The number of rotatable bonds is 6. The monoisotopic (exact) mass is 358 g/mol. The van der Waals surface area contributed by atoms with Crippen molar-refractivity contribution in [3.05, 3.63) is 0 Å². The number of hydrogen-bond donors (Lipinski definition) is 3. The average Bonchev–Trinajstić information content (AvgIpc) is 2.53. The number of likely N-dealkylation sites (N-methyl/N-ethyl adjacent to an activating group) is 1. The van der Waals surface area contributed by atoms with Gasteiger partial charge in [0, 0.05) is 33.2 Å². The molecule has 1 fully saturated rings. The molecule has 0 unspecified atom stereocenters. The van der Waals surface area contributed by atoms with Crippen LogP contribution in [0.25, 0.3) is 0 Å². The van der Waals surface area contributed by atoms with Gasteiger partial charge in [0.05, 0.1) is 19.6 Å². The van der Waals surface area contributed by atoms with E-state index < -0.39 is 11.9 Å². The van der Waals surface area contributed by atoms with Crippen molar-refractivity contribution in [1.82, 2.24) is 20.0 Å². The summed E-state index contributed by atoms with van der Waals surface area (Å²) in [4.78, 5) is 39.5. The molecule has 0 bridgehead atoms. The van der Waals surface area contributed by atoms with E-state index in [1.165, 1.54) is 0 Å². The largest absolute Gasteiger partial charge is 0.480 e. The number of carboxylic acid groups (broad SMARTS) is 2. The van der Waals surface area contributed by atoms with Crippen LogP contribution in [0.4, 0.5) is 0 Å². The smallest absolute Gasteiger partial charge is 0.317 e. The summed E-state index contributed by atoms with van der Waals surface area (Å²) in [5.41, 5.74) is 0. The Bertz CT molecular complexity index is 416. The zero-order valence-electron chi connectivity index (χ0n) is 14.9. The molecule has 1 heterocycles. The number of carbonyl (C=O) groups is 3. The molecule has 0 aromatic heterocycles. The van der Waals surface area contributed by atoms with E-state index in [0.29, 0.717) is 39.3 Å². The second-order valence-electron chi connectivity index (χ2n) is 6.35. The fourth-order valence-corrected chi connectivity index (χ4v) is 2.89. The molecule has 0 aromatic rings. The van der Waals surface area contributed by atoms with E-state index in [-0.39, 0.29) is 25.5 Å². The molecule has 1 aliphatic rings. The topological polar surface area (TPSA) is 113 Å². The van der Waals surface area contributed by atoms with E-state index in [0.717, 1.165) is 19.3 Å². The number of aliphatic carboxylic acids is 2. The van der Waals surface area contributed by atoms with Crippen molar-refractivity contribution in [2.24, 2.45) is 0 Å². The summed E-state index contributed by atoms with van der Waals surface area (Å²) < 4.78 is 0. The maximum absolute atomic E-state index is 11.7. The normalized spacial score (nSPS) is 19.6. The molecule has 0 spiro atoms. The molecule has 1 aliphatic heterocycles. The van der Waals surface area contributed by atoms with Crippen LogP contribution in [0.1, 0.15) is 19.3 Å². The van der Waals surface area contributed by atoms with Gasteiger partial charge in [-0.15, -0.1) is 0 Å². The van der Waals surface area contributed by atoms with Crippen molar-refractivity contribution >= 4 is 17.8 Å². The summed E-state index contributed by atoms with van der Waals surface area (Å²) in [7, 11) is 1.58. The summed E-state index contributed by atoms with van der Waals surface area (Å²) in [6.45, 7) is 3.89. The minimum Gasteiger partial charge on any atom is -0.480 e. The van der Waals surface area contributed by atoms with Crippen molar-refractivity contribution in [2.45, 2.75) is 19.3 Å². The Balaban J connectivity index is 2.71. The average molecular weight is 358 g/mol. The molecule has 0 saturated carbocycles. The van der Waals surface area contributed by atoms with Gasteiger partial charge in [0.2, 0.25) is 5.91 Å². The molecule has 0 aromatic carbocycles. The summed E-state index contributed by atoms with van der Waals surface area (Å²) >= 11 is 0. The Labute approximate surface area is 148 Å². The van der Waals surface area contributed by atoms with E-state index in [2.05, 4.69) is 5.32 Å². The van der Waals surface area contributed by atoms with Crippen LogP contribution in [0, 0.1) is 0 Å². The third-order valence-corrected chi connectivity index (χ3v) is 4.28. The lowest BCUT2D eigenvalue weighted by molar-refractivity contribution is -0.139. The number of amides is 1. The predicted molar refractivity (Wildman–Crippen MR) is 92.5 cm³/mol. The molecule has 25 heavy (non-hydrogen) atoms. The number of nitrogens with one attached hydrogen (secondary N) is 1. The zero-order chi connectivity index (χ0) is 18.7. The quantitative estimate of drug-likeness (QED) is 0.554. The fraction of sp³-hybridized carbons (Fsp3) is 0.812. The van der Waals surface area contributed by atoms with Crippen LogP contribution in [-0.2, 0) is 14.4 Å². The van der Waals surface area contributed by atoms with Crippen LogP contribution in [0.3, 0.4) is 0 Å². The highest BCUT2D eigenvalue weighted by Crippen LogP contribution is 2.05. The Kier molecular flexibility index (Phi) is 10.0. The van der Waals surface area contributed by atoms with Gasteiger partial charge in [-0.2, -0.15) is 0 Å². The van der Waals surface area contributed by atoms with Gasteiger partial charge in [0.15, 0.2) is 0 Å². The third-order valence-electron chi connectivity index (χ3n) is 4.28. The molecule has 144 valence electrons. The zero-order valence-corrected chi connectivity index (χ0v) is 14.9. The highest BCUT2D eigenvalue weighted by Gasteiger charge is 2.17. The lowest BCUT2D eigenvalue weighted by atomic mass is 10.2. The van der Waals surface area contributed by atoms with E-state index >= 15 is 0 Å². The van der Waals surface area contributed by atoms with Crippen LogP contribution in [0.2, 0.25) is 0 Å². The lowest BCUT2D eigenvalue weighted by Gasteiger charge is -2.30. The van der Waals surface area contributed by atoms with Gasteiger partial charge in [-0.1, -0.05) is 6.42 Å². The van der Waals surface area contributed by atoms with Crippen LogP contribution in [-0.4, -0.2) is 109 Å². The van der Waals surface area contributed by atoms with E-state index in [4.69, 9.17) is 10.2 Å². The van der Waals surface area contributed by atoms with E-state index in [1.807, 2.05) is 14.7 Å². The Morgan fingerprint density at radius 1 is 0.720 bits per heavy atom. The Morgan fingerprint density at radius 2 is 1.12 bits per heavy atom. The second kappa shape index (κ2) is 11.8. The molecule has 0 atom stereocenters. The summed E-state index contributed by atoms with van der Waals surface area (Å²) in [5.74, 6) is -1.81. The molecule has 9 heteroatoms. The summed E-state index contributed by atoms with van der Waals surface area (Å²) in [5, 5.41) is 20.7. The van der Waals surface area contributed by atoms with Gasteiger partial charge < -0.3 is 15.5 Å². The lowest BCUT2D eigenvalue weighted by Crippen LogP contribution is -2.46.